The lowest BCUT2D eigenvalue weighted by Gasteiger charge is -2.37. The second-order valence-corrected chi connectivity index (χ2v) is 17.0. The van der Waals surface area contributed by atoms with Crippen molar-refractivity contribution in [1.82, 2.24) is 10.1 Å². The number of carbonyl (C=O) groups excluding carboxylic acids is 4. The molecule has 0 bridgehead atoms. The molecule has 1 radical (unpaired) electrons. The first-order valence-corrected chi connectivity index (χ1v) is 20.3. The highest BCUT2D eigenvalue weighted by Gasteiger charge is 2.51. The third-order valence-electron chi connectivity index (χ3n) is 11.1. The van der Waals surface area contributed by atoms with Crippen LogP contribution in [0.25, 0.3) is 22.3 Å². The van der Waals surface area contributed by atoms with Crippen molar-refractivity contribution in [2.45, 2.75) is 96.7 Å². The summed E-state index contributed by atoms with van der Waals surface area (Å²) in [4.78, 5) is 50.0. The van der Waals surface area contributed by atoms with E-state index in [9.17, 15) is 29.4 Å². The maximum atomic E-state index is 12.9. The number of likely N-dealkylation sites (tertiary alicyclic amines) is 1. The van der Waals surface area contributed by atoms with E-state index in [1.807, 2.05) is 62.4 Å². The largest absolute Gasteiger partial charge is 0.466 e. The van der Waals surface area contributed by atoms with Crippen molar-refractivity contribution < 1.29 is 38.9 Å². The lowest BCUT2D eigenvalue weighted by molar-refractivity contribution is -0.150. The van der Waals surface area contributed by atoms with Gasteiger partial charge in [0.15, 0.2) is 0 Å². The van der Waals surface area contributed by atoms with Gasteiger partial charge in [0.1, 0.15) is 5.60 Å². The van der Waals surface area contributed by atoms with E-state index in [1.165, 1.54) is 12.3 Å². The van der Waals surface area contributed by atoms with Gasteiger partial charge in [0.25, 0.3) is 7.41 Å². The molecule has 59 heavy (non-hydrogen) atoms. The molecule has 4 atom stereocenters. The zero-order valence-corrected chi connectivity index (χ0v) is 35.7. The highest BCUT2D eigenvalue weighted by atomic mass is 16.6. The van der Waals surface area contributed by atoms with E-state index >= 15 is 0 Å². The quantitative estimate of drug-likeness (QED) is 0.0625. The van der Waals surface area contributed by atoms with E-state index in [2.05, 4.69) is 79.7 Å². The summed E-state index contributed by atoms with van der Waals surface area (Å²) in [5, 5.41) is 22.5. The fourth-order valence-electron chi connectivity index (χ4n) is 7.48. The zero-order valence-electron chi connectivity index (χ0n) is 35.7. The second kappa shape index (κ2) is 20.7. The number of hydrogen-bond donors (Lipinski definition) is 3. The van der Waals surface area contributed by atoms with Crippen LogP contribution in [-0.2, 0) is 34.7 Å². The SMILES string of the molecule is CC(C)(C)OC(=O)N1C(=O)[C@H](CO)C[C@H]1C(C)(C)c1ccc(-c2ccccc2)cc1.CCOC(=O)[C@H](CO)C[C@H](N[B]C=O)C(C)(C)c1ccc(-c2ccccc2)cc1. The van der Waals surface area contributed by atoms with Gasteiger partial charge in [0, 0.05) is 16.9 Å². The summed E-state index contributed by atoms with van der Waals surface area (Å²) < 4.78 is 10.6. The third kappa shape index (κ3) is 12.0. The summed E-state index contributed by atoms with van der Waals surface area (Å²) >= 11 is 0. The van der Waals surface area contributed by atoms with E-state index in [0.717, 1.165) is 33.4 Å². The van der Waals surface area contributed by atoms with E-state index in [4.69, 9.17) is 9.47 Å². The summed E-state index contributed by atoms with van der Waals surface area (Å²) in [6, 6.07) is 36.1. The number of nitrogens with zero attached hydrogens (tertiary/aromatic N) is 1. The molecule has 0 unspecified atom stereocenters. The Balaban J connectivity index is 0.000000261. The Morgan fingerprint density at radius 1 is 0.797 bits per heavy atom. The van der Waals surface area contributed by atoms with Crippen LogP contribution in [0.1, 0.15) is 79.4 Å². The topological polar surface area (TPSA) is 142 Å². The molecule has 1 aliphatic heterocycles. The lowest BCUT2D eigenvalue weighted by atomic mass is 9.72. The minimum atomic E-state index is -0.708. The molecule has 1 fully saturated rings. The number of amides is 2. The van der Waals surface area contributed by atoms with Crippen molar-refractivity contribution >= 4 is 31.6 Å². The Bertz CT molecular complexity index is 1960. The minimum Gasteiger partial charge on any atom is -0.466 e. The predicted octanol–water partition coefficient (Wildman–Crippen LogP) is 7.74. The van der Waals surface area contributed by atoms with Gasteiger partial charge in [-0.25, -0.2) is 9.69 Å². The standard InChI is InChI=1S/C25H31NO4.C23H29BNO4/c1-24(2,3)30-23(29)26-21(15-19(16-27)22(26)28)25(4,5)20-13-11-18(12-14-20)17-9-7-6-8-10-17;1-4-29-22(28)19(15-26)14-21(25-24-16-27)23(2,3)20-12-10-18(11-13-20)17-8-6-5-7-9-17/h6-14,19,21,27H,15-16H2,1-5H3;5-13,16,19,21,25-26H,4,14-15H2,1-3H3/t2*19-,21-/m00/s1. The fourth-order valence-corrected chi connectivity index (χ4v) is 7.48. The van der Waals surface area contributed by atoms with Gasteiger partial charge in [-0.3, -0.25) is 9.59 Å². The van der Waals surface area contributed by atoms with Crippen LogP contribution < -0.4 is 5.23 Å². The van der Waals surface area contributed by atoms with Crippen LogP contribution in [0, 0.1) is 11.8 Å². The molecule has 313 valence electrons. The summed E-state index contributed by atoms with van der Waals surface area (Å²) in [5.74, 6) is -2.05. The molecular formula is C48H60BN2O8. The molecular weight excluding hydrogens is 743 g/mol. The first-order valence-electron chi connectivity index (χ1n) is 20.3. The van der Waals surface area contributed by atoms with Gasteiger partial charge in [0.05, 0.1) is 43.9 Å². The summed E-state index contributed by atoms with van der Waals surface area (Å²) in [6.45, 7) is 14.9. The van der Waals surface area contributed by atoms with Crippen LogP contribution in [-0.4, -0.2) is 84.2 Å². The fraction of sp³-hybridized carbons (Fsp3) is 0.417. The summed E-state index contributed by atoms with van der Waals surface area (Å²) in [6.07, 6.45) is 0.775. The summed E-state index contributed by atoms with van der Waals surface area (Å²) in [5.41, 5.74) is 4.96. The lowest BCUT2D eigenvalue weighted by Crippen LogP contribution is -2.50. The molecule has 11 heteroatoms. The molecule has 2 amide bonds. The third-order valence-corrected chi connectivity index (χ3v) is 11.1. The Kier molecular flexibility index (Phi) is 16.4. The van der Waals surface area contributed by atoms with Crippen molar-refractivity contribution in [2.24, 2.45) is 11.8 Å². The average Bonchev–Trinajstić information content (AvgIpc) is 3.58. The van der Waals surface area contributed by atoms with Crippen molar-refractivity contribution in [1.29, 1.82) is 0 Å². The number of nitrogens with one attached hydrogen (secondary N) is 1. The van der Waals surface area contributed by atoms with Crippen molar-refractivity contribution in [3.63, 3.8) is 0 Å². The van der Waals surface area contributed by atoms with Gasteiger partial charge >= 0.3 is 12.1 Å². The first-order chi connectivity index (χ1) is 28.0. The van der Waals surface area contributed by atoms with Gasteiger partial charge in [-0.15, -0.1) is 0 Å². The first kappa shape index (κ1) is 46.6. The van der Waals surface area contributed by atoms with Crippen LogP contribution in [0.5, 0.6) is 0 Å². The average molecular weight is 804 g/mol. The van der Waals surface area contributed by atoms with E-state index in [0.29, 0.717) is 19.0 Å². The van der Waals surface area contributed by atoms with Crippen LogP contribution in [0.2, 0.25) is 0 Å². The number of rotatable bonds is 15. The summed E-state index contributed by atoms with van der Waals surface area (Å²) in [7, 11) is 1.34. The molecule has 0 spiro atoms. The van der Waals surface area contributed by atoms with Gasteiger partial charge in [0.2, 0.25) is 5.91 Å². The van der Waals surface area contributed by atoms with Crippen LogP contribution in [0.15, 0.2) is 109 Å². The number of aliphatic hydroxyl groups is 2. The monoisotopic (exact) mass is 803 g/mol. The number of hydrogen-bond acceptors (Lipinski definition) is 9. The number of benzene rings is 4. The predicted molar refractivity (Wildman–Crippen MR) is 233 cm³/mol. The van der Waals surface area contributed by atoms with E-state index in [1.54, 1.807) is 27.7 Å². The van der Waals surface area contributed by atoms with Crippen LogP contribution in [0.4, 0.5) is 4.79 Å². The molecule has 1 saturated heterocycles. The van der Waals surface area contributed by atoms with Gasteiger partial charge in [-0.1, -0.05) is 137 Å². The van der Waals surface area contributed by atoms with Crippen molar-refractivity contribution in [3.05, 3.63) is 120 Å². The number of ether oxygens (including phenoxy) is 2. The Labute approximate surface area is 350 Å². The van der Waals surface area contributed by atoms with E-state index < -0.39 is 46.4 Å². The van der Waals surface area contributed by atoms with Crippen molar-refractivity contribution in [3.8, 4) is 22.3 Å². The maximum Gasteiger partial charge on any atom is 0.417 e. The number of aliphatic hydroxyl groups excluding tert-OH is 2. The maximum absolute atomic E-state index is 12.9. The van der Waals surface area contributed by atoms with Gasteiger partial charge in [-0.2, -0.15) is 0 Å². The second-order valence-electron chi connectivity index (χ2n) is 17.0. The molecule has 5 rings (SSSR count). The molecule has 0 saturated carbocycles. The molecule has 0 aliphatic carbocycles. The molecule has 1 heterocycles. The number of esters is 1. The minimum absolute atomic E-state index is 0.253. The van der Waals surface area contributed by atoms with Crippen molar-refractivity contribution in [2.75, 3.05) is 19.8 Å². The Morgan fingerprint density at radius 3 is 1.73 bits per heavy atom. The van der Waals surface area contributed by atoms with Crippen LogP contribution in [0.3, 0.4) is 0 Å². The van der Waals surface area contributed by atoms with Gasteiger partial charge < -0.3 is 29.7 Å². The highest BCUT2D eigenvalue weighted by molar-refractivity contribution is 6.64. The molecule has 4 aromatic rings. The molecule has 3 N–H and O–H groups in total. The Morgan fingerprint density at radius 2 is 1.29 bits per heavy atom. The zero-order chi connectivity index (χ0) is 43.4. The molecule has 10 nitrogen and oxygen atoms in total. The van der Waals surface area contributed by atoms with Gasteiger partial charge in [-0.05, 0) is 73.9 Å². The molecule has 1 aliphatic rings. The number of carbonyl (C=O) groups is 4. The normalized spacial score (nSPS) is 16.6. The smallest absolute Gasteiger partial charge is 0.417 e. The molecule has 0 aromatic heterocycles. The highest BCUT2D eigenvalue weighted by Crippen LogP contribution is 2.40. The van der Waals surface area contributed by atoms with Crippen LogP contribution >= 0.6 is 0 Å². The molecule has 4 aromatic carbocycles. The number of imide groups is 1. The Hall–Kier alpha value is -5.10. The van der Waals surface area contributed by atoms with E-state index in [-0.39, 0.29) is 31.8 Å².